The third-order valence-electron chi connectivity index (χ3n) is 2.42. The molecule has 1 rings (SSSR count). The van der Waals surface area contributed by atoms with E-state index in [1.165, 1.54) is 19.1 Å². The molecule has 3 nitrogen and oxygen atoms in total. The SMILES string of the molecule is CCOC(=O)[C@@](O)(C#Cc1ccc(C)cc1)C(F)(F)F. The van der Waals surface area contributed by atoms with Gasteiger partial charge in [-0.2, -0.15) is 13.2 Å². The predicted molar refractivity (Wildman–Crippen MR) is 65.7 cm³/mol. The highest BCUT2D eigenvalue weighted by molar-refractivity contribution is 5.84. The summed E-state index contributed by atoms with van der Waals surface area (Å²) in [5.41, 5.74) is -2.66. The Hall–Kier alpha value is -2.00. The number of benzene rings is 1. The standard InChI is InChI=1S/C14H13F3O3/c1-3-20-12(18)13(19,14(15,16)17)9-8-11-6-4-10(2)5-7-11/h4-7,19H,3H2,1-2H3/t13-/m0/s1. The van der Waals surface area contributed by atoms with E-state index in [9.17, 15) is 23.1 Å². The molecule has 0 aromatic heterocycles. The maximum atomic E-state index is 12.8. The van der Waals surface area contributed by atoms with Gasteiger partial charge in [-0.3, -0.25) is 0 Å². The number of esters is 1. The lowest BCUT2D eigenvalue weighted by atomic mass is 10.0. The van der Waals surface area contributed by atoms with Gasteiger partial charge in [0, 0.05) is 5.56 Å². The van der Waals surface area contributed by atoms with E-state index in [4.69, 9.17) is 0 Å². The van der Waals surface area contributed by atoms with Crippen LogP contribution < -0.4 is 0 Å². The van der Waals surface area contributed by atoms with Crippen LogP contribution in [0.5, 0.6) is 0 Å². The molecule has 0 aliphatic heterocycles. The van der Waals surface area contributed by atoms with Crippen molar-refractivity contribution >= 4 is 5.97 Å². The van der Waals surface area contributed by atoms with Gasteiger partial charge in [-0.25, -0.2) is 4.79 Å². The van der Waals surface area contributed by atoms with Crippen molar-refractivity contribution in [2.24, 2.45) is 0 Å². The number of aryl methyl sites for hydroxylation is 1. The van der Waals surface area contributed by atoms with Gasteiger partial charge in [0.1, 0.15) is 0 Å². The highest BCUT2D eigenvalue weighted by atomic mass is 19.4. The van der Waals surface area contributed by atoms with Gasteiger partial charge in [-0.1, -0.05) is 23.6 Å². The Morgan fingerprint density at radius 1 is 1.30 bits per heavy atom. The molecule has 1 aromatic rings. The maximum Gasteiger partial charge on any atom is 0.440 e. The van der Waals surface area contributed by atoms with Gasteiger partial charge in [-0.05, 0) is 31.9 Å². The Morgan fingerprint density at radius 3 is 2.30 bits per heavy atom. The van der Waals surface area contributed by atoms with Gasteiger partial charge < -0.3 is 9.84 Å². The van der Waals surface area contributed by atoms with E-state index in [1.807, 2.05) is 6.92 Å². The van der Waals surface area contributed by atoms with E-state index in [1.54, 1.807) is 18.1 Å². The summed E-state index contributed by atoms with van der Waals surface area (Å²) in [7, 11) is 0. The number of aliphatic hydroxyl groups is 1. The zero-order chi connectivity index (χ0) is 15.4. The van der Waals surface area contributed by atoms with Crippen molar-refractivity contribution in [2.75, 3.05) is 6.61 Å². The Kier molecular flexibility index (Phi) is 4.79. The smallest absolute Gasteiger partial charge is 0.440 e. The lowest BCUT2D eigenvalue weighted by molar-refractivity contribution is -0.242. The molecule has 1 atom stereocenters. The number of hydrogen-bond donors (Lipinski definition) is 1. The molecule has 0 amide bonds. The lowest BCUT2D eigenvalue weighted by Gasteiger charge is -2.22. The van der Waals surface area contributed by atoms with Gasteiger partial charge in [0.25, 0.3) is 0 Å². The van der Waals surface area contributed by atoms with Crippen LogP contribution in [0, 0.1) is 18.8 Å². The van der Waals surface area contributed by atoms with Crippen molar-refractivity contribution in [3.8, 4) is 11.8 Å². The number of hydrogen-bond acceptors (Lipinski definition) is 3. The zero-order valence-corrected chi connectivity index (χ0v) is 10.9. The molecule has 0 saturated carbocycles. The summed E-state index contributed by atoms with van der Waals surface area (Å²) in [6.07, 6.45) is -5.24. The summed E-state index contributed by atoms with van der Waals surface area (Å²) in [6.45, 7) is 2.85. The molecular formula is C14H13F3O3. The first-order valence-corrected chi connectivity index (χ1v) is 5.77. The van der Waals surface area contributed by atoms with E-state index in [-0.39, 0.29) is 12.2 Å². The average molecular weight is 286 g/mol. The molecule has 1 N–H and O–H groups in total. The Morgan fingerprint density at radius 2 is 1.85 bits per heavy atom. The molecule has 0 aliphatic rings. The molecule has 0 bridgehead atoms. The Labute approximate surface area is 114 Å². The second-order valence-corrected chi connectivity index (χ2v) is 4.04. The van der Waals surface area contributed by atoms with E-state index in [2.05, 4.69) is 10.7 Å². The summed E-state index contributed by atoms with van der Waals surface area (Å²) in [5.74, 6) is 1.87. The number of alkyl halides is 3. The largest absolute Gasteiger partial charge is 0.463 e. The molecule has 0 radical (unpaired) electrons. The topological polar surface area (TPSA) is 46.5 Å². The van der Waals surface area contributed by atoms with Crippen LogP contribution in [0.2, 0.25) is 0 Å². The van der Waals surface area contributed by atoms with Crippen molar-refractivity contribution in [2.45, 2.75) is 25.6 Å². The summed E-state index contributed by atoms with van der Waals surface area (Å²) in [5, 5.41) is 9.49. The van der Waals surface area contributed by atoms with Crippen LogP contribution in [-0.4, -0.2) is 29.5 Å². The summed E-state index contributed by atoms with van der Waals surface area (Å²) in [4.78, 5) is 11.3. The quantitative estimate of drug-likeness (QED) is 0.669. The van der Waals surface area contributed by atoms with Crippen LogP contribution in [0.15, 0.2) is 24.3 Å². The van der Waals surface area contributed by atoms with Gasteiger partial charge >= 0.3 is 17.7 Å². The predicted octanol–water partition coefficient (Wildman–Crippen LogP) is 2.20. The van der Waals surface area contributed by atoms with Crippen molar-refractivity contribution in [1.29, 1.82) is 0 Å². The lowest BCUT2D eigenvalue weighted by Crippen LogP contribution is -2.52. The van der Waals surface area contributed by atoms with Crippen LogP contribution in [-0.2, 0) is 9.53 Å². The summed E-state index contributed by atoms with van der Waals surface area (Å²) >= 11 is 0. The molecule has 1 aromatic carbocycles. The number of carbonyl (C=O) groups excluding carboxylic acids is 1. The van der Waals surface area contributed by atoms with Crippen LogP contribution in [0.3, 0.4) is 0 Å². The summed E-state index contributed by atoms with van der Waals surface area (Å²) < 4.78 is 42.6. The monoisotopic (exact) mass is 286 g/mol. The number of rotatable bonds is 2. The van der Waals surface area contributed by atoms with Gasteiger partial charge in [0.05, 0.1) is 6.61 Å². The second-order valence-electron chi connectivity index (χ2n) is 4.04. The molecule has 0 saturated heterocycles. The normalized spacial score (nSPS) is 13.9. The second kappa shape index (κ2) is 5.97. The molecule has 0 unspecified atom stereocenters. The highest BCUT2D eigenvalue weighted by Crippen LogP contribution is 2.31. The molecule has 0 heterocycles. The van der Waals surface area contributed by atoms with Crippen LogP contribution in [0.4, 0.5) is 13.2 Å². The van der Waals surface area contributed by atoms with Crippen LogP contribution >= 0.6 is 0 Å². The van der Waals surface area contributed by atoms with Crippen molar-refractivity contribution in [3.63, 3.8) is 0 Å². The molecule has 6 heteroatoms. The molecule has 0 fully saturated rings. The number of halogens is 3. The van der Waals surface area contributed by atoms with E-state index in [0.717, 1.165) is 5.56 Å². The average Bonchev–Trinajstić information content (AvgIpc) is 2.36. The first-order chi connectivity index (χ1) is 9.20. The van der Waals surface area contributed by atoms with E-state index < -0.39 is 17.7 Å². The third kappa shape index (κ3) is 3.52. The zero-order valence-electron chi connectivity index (χ0n) is 10.9. The van der Waals surface area contributed by atoms with E-state index in [0.29, 0.717) is 0 Å². The van der Waals surface area contributed by atoms with Gasteiger partial charge in [0.2, 0.25) is 0 Å². The minimum absolute atomic E-state index is 0.252. The maximum absolute atomic E-state index is 12.8. The van der Waals surface area contributed by atoms with Gasteiger partial charge in [0.15, 0.2) is 0 Å². The molecule has 20 heavy (non-hydrogen) atoms. The number of ether oxygens (including phenoxy) is 1. The molecule has 0 aliphatic carbocycles. The van der Waals surface area contributed by atoms with Crippen molar-refractivity contribution in [1.82, 2.24) is 0 Å². The molecular weight excluding hydrogens is 273 g/mol. The molecule has 0 spiro atoms. The van der Waals surface area contributed by atoms with Crippen LogP contribution in [0.1, 0.15) is 18.1 Å². The van der Waals surface area contributed by atoms with Gasteiger partial charge in [-0.15, -0.1) is 0 Å². The van der Waals surface area contributed by atoms with E-state index >= 15 is 0 Å². The minimum atomic E-state index is -5.24. The first-order valence-electron chi connectivity index (χ1n) is 5.77. The fraction of sp³-hybridized carbons (Fsp3) is 0.357. The fourth-order valence-corrected chi connectivity index (χ4v) is 1.27. The Balaban J connectivity index is 3.15. The summed E-state index contributed by atoms with van der Waals surface area (Å²) in [6, 6.07) is 6.29. The van der Waals surface area contributed by atoms with Crippen molar-refractivity contribution in [3.05, 3.63) is 35.4 Å². The van der Waals surface area contributed by atoms with Crippen molar-refractivity contribution < 1.29 is 27.8 Å². The fourth-order valence-electron chi connectivity index (χ4n) is 1.27. The number of carbonyl (C=O) groups is 1. The minimum Gasteiger partial charge on any atom is -0.463 e. The Bertz CT molecular complexity index is 538. The highest BCUT2D eigenvalue weighted by Gasteiger charge is 2.60. The van der Waals surface area contributed by atoms with Crippen LogP contribution in [0.25, 0.3) is 0 Å². The molecule has 108 valence electrons. The first kappa shape index (κ1) is 16.1. The third-order valence-corrected chi connectivity index (χ3v) is 2.42.